The van der Waals surface area contributed by atoms with E-state index < -0.39 is 42.9 Å². The number of hydrogen-bond donors (Lipinski definition) is 5. The van der Waals surface area contributed by atoms with Gasteiger partial charge in [0.1, 0.15) is 47.4 Å². The van der Waals surface area contributed by atoms with Crippen LogP contribution in [0, 0.1) is 6.92 Å². The SMILES string of the molecule is COc1cc(-c2c(C)cc(O)cc2O[C@@H]2O[C@@H](CO)[C@@H](O)[C@H](O)[C@H]2O)oc(=O)c1. The van der Waals surface area contributed by atoms with Gasteiger partial charge in [-0.25, -0.2) is 4.79 Å². The van der Waals surface area contributed by atoms with Crippen LogP contribution in [-0.2, 0) is 4.74 Å². The number of ether oxygens (including phenoxy) is 3. The van der Waals surface area contributed by atoms with E-state index in [4.69, 9.17) is 18.6 Å². The van der Waals surface area contributed by atoms with Gasteiger partial charge in [-0.15, -0.1) is 0 Å². The van der Waals surface area contributed by atoms with E-state index in [2.05, 4.69) is 0 Å². The Hall–Kier alpha value is -2.63. The molecule has 29 heavy (non-hydrogen) atoms. The minimum absolute atomic E-state index is 0.0248. The lowest BCUT2D eigenvalue weighted by molar-refractivity contribution is -0.277. The largest absolute Gasteiger partial charge is 0.508 e. The number of aliphatic hydroxyl groups excluding tert-OH is 4. The molecule has 0 saturated carbocycles. The van der Waals surface area contributed by atoms with Gasteiger partial charge in [-0.3, -0.25) is 0 Å². The monoisotopic (exact) mass is 410 g/mol. The topological polar surface area (TPSA) is 159 Å². The number of aliphatic hydroxyl groups is 4. The molecule has 10 heteroatoms. The lowest BCUT2D eigenvalue weighted by Gasteiger charge is -2.39. The number of aromatic hydroxyl groups is 1. The average molecular weight is 410 g/mol. The third-order valence-corrected chi connectivity index (χ3v) is 4.60. The van der Waals surface area contributed by atoms with Crippen molar-refractivity contribution in [3.05, 3.63) is 40.2 Å². The fraction of sp³-hybridized carbons (Fsp3) is 0.421. The van der Waals surface area contributed by atoms with Crippen LogP contribution in [0.3, 0.4) is 0 Å². The summed E-state index contributed by atoms with van der Waals surface area (Å²) in [6.07, 6.45) is -7.49. The van der Waals surface area contributed by atoms with Crippen LogP contribution in [-0.4, -0.2) is 70.0 Å². The molecule has 158 valence electrons. The van der Waals surface area contributed by atoms with E-state index in [-0.39, 0.29) is 28.6 Å². The van der Waals surface area contributed by atoms with Crippen molar-refractivity contribution >= 4 is 0 Å². The van der Waals surface area contributed by atoms with Crippen molar-refractivity contribution in [3.63, 3.8) is 0 Å². The number of phenolic OH excluding ortho intramolecular Hbond substituents is 1. The molecule has 1 aromatic carbocycles. The van der Waals surface area contributed by atoms with E-state index in [1.165, 1.54) is 25.3 Å². The quantitative estimate of drug-likeness (QED) is 0.435. The summed E-state index contributed by atoms with van der Waals surface area (Å²) in [6.45, 7) is 1.01. The van der Waals surface area contributed by atoms with Crippen molar-refractivity contribution in [3.8, 4) is 28.6 Å². The first-order valence-electron chi connectivity index (χ1n) is 8.75. The second-order valence-corrected chi connectivity index (χ2v) is 6.63. The van der Waals surface area contributed by atoms with Crippen LogP contribution >= 0.6 is 0 Å². The Kier molecular flexibility index (Phi) is 6.10. The standard InChI is InChI=1S/C19H22O10/c1-8-3-9(21)4-11(15(8)12-5-10(26-2)6-14(22)27-12)28-19-18(25)17(24)16(23)13(7-20)29-19/h3-6,13,16-21,23-25H,7H2,1-2H3/t13-,16+,17-,18+,19+/m0/s1. The van der Waals surface area contributed by atoms with E-state index >= 15 is 0 Å². The molecule has 0 spiro atoms. The van der Waals surface area contributed by atoms with Gasteiger partial charge in [-0.2, -0.15) is 0 Å². The number of aryl methyl sites for hydroxylation is 1. The van der Waals surface area contributed by atoms with Gasteiger partial charge in [-0.1, -0.05) is 0 Å². The number of methoxy groups -OCH3 is 1. The first kappa shape index (κ1) is 21.1. The highest BCUT2D eigenvalue weighted by Crippen LogP contribution is 2.38. The summed E-state index contributed by atoms with van der Waals surface area (Å²) < 4.78 is 21.3. The molecule has 1 saturated heterocycles. The Bertz CT molecular complexity index is 922. The highest BCUT2D eigenvalue weighted by atomic mass is 16.7. The maximum absolute atomic E-state index is 11.8. The van der Waals surface area contributed by atoms with Crippen molar-refractivity contribution in [1.82, 2.24) is 0 Å². The molecular weight excluding hydrogens is 388 g/mol. The predicted molar refractivity (Wildman–Crippen MR) is 97.8 cm³/mol. The first-order chi connectivity index (χ1) is 13.7. The molecule has 2 aromatic rings. The molecular formula is C19H22O10. The lowest BCUT2D eigenvalue weighted by Crippen LogP contribution is -2.60. The molecule has 5 atom stereocenters. The Morgan fingerprint density at radius 2 is 1.79 bits per heavy atom. The van der Waals surface area contributed by atoms with Gasteiger partial charge in [0.15, 0.2) is 0 Å². The van der Waals surface area contributed by atoms with Crippen LogP contribution in [0.1, 0.15) is 5.56 Å². The molecule has 0 radical (unpaired) electrons. The van der Waals surface area contributed by atoms with E-state index in [1.54, 1.807) is 6.92 Å². The number of hydrogen-bond acceptors (Lipinski definition) is 10. The first-order valence-corrected chi connectivity index (χ1v) is 8.75. The lowest BCUT2D eigenvalue weighted by atomic mass is 9.99. The van der Waals surface area contributed by atoms with Gasteiger partial charge < -0.3 is 44.2 Å². The summed E-state index contributed by atoms with van der Waals surface area (Å²) in [5.74, 6) is 0.119. The third-order valence-electron chi connectivity index (χ3n) is 4.60. The van der Waals surface area contributed by atoms with Crippen LogP contribution in [0.5, 0.6) is 17.2 Å². The molecule has 0 aliphatic carbocycles. The molecule has 0 amide bonds. The molecule has 1 aliphatic heterocycles. The van der Waals surface area contributed by atoms with E-state index in [0.717, 1.165) is 6.07 Å². The van der Waals surface area contributed by atoms with Gasteiger partial charge in [0.25, 0.3) is 0 Å². The fourth-order valence-corrected chi connectivity index (χ4v) is 3.13. The molecule has 10 nitrogen and oxygen atoms in total. The minimum Gasteiger partial charge on any atom is -0.508 e. The van der Waals surface area contributed by atoms with E-state index in [1.807, 2.05) is 0 Å². The van der Waals surface area contributed by atoms with Gasteiger partial charge >= 0.3 is 5.63 Å². The fourth-order valence-electron chi connectivity index (χ4n) is 3.13. The molecule has 0 bridgehead atoms. The van der Waals surface area contributed by atoms with Crippen LogP contribution in [0.25, 0.3) is 11.3 Å². The summed E-state index contributed by atoms with van der Waals surface area (Å²) in [5, 5.41) is 49.4. The predicted octanol–water partition coefficient (Wildman–Crippen LogP) is -0.492. The summed E-state index contributed by atoms with van der Waals surface area (Å²) in [6, 6.07) is 5.22. The second-order valence-electron chi connectivity index (χ2n) is 6.63. The molecule has 5 N–H and O–H groups in total. The Morgan fingerprint density at radius 1 is 1.07 bits per heavy atom. The highest BCUT2D eigenvalue weighted by Gasteiger charge is 2.45. The summed E-state index contributed by atoms with van der Waals surface area (Å²) >= 11 is 0. The van der Waals surface area contributed by atoms with Crippen molar-refractivity contribution in [2.45, 2.75) is 37.6 Å². The van der Waals surface area contributed by atoms with Crippen molar-refractivity contribution < 1.29 is 44.2 Å². The van der Waals surface area contributed by atoms with Crippen molar-refractivity contribution in [2.24, 2.45) is 0 Å². The third kappa shape index (κ3) is 4.21. The van der Waals surface area contributed by atoms with E-state index in [9.17, 15) is 30.3 Å². The number of benzene rings is 1. The Labute approximate surface area is 165 Å². The molecule has 1 fully saturated rings. The van der Waals surface area contributed by atoms with E-state index in [0.29, 0.717) is 5.56 Å². The summed E-state index contributed by atoms with van der Waals surface area (Å²) in [7, 11) is 1.38. The smallest absolute Gasteiger partial charge is 0.339 e. The highest BCUT2D eigenvalue weighted by molar-refractivity contribution is 5.72. The maximum atomic E-state index is 11.8. The zero-order valence-electron chi connectivity index (χ0n) is 15.7. The molecule has 0 unspecified atom stereocenters. The van der Waals surface area contributed by atoms with Crippen molar-refractivity contribution in [2.75, 3.05) is 13.7 Å². The zero-order chi connectivity index (χ0) is 21.3. The van der Waals surface area contributed by atoms with Gasteiger partial charge in [0.05, 0.1) is 25.3 Å². The summed E-state index contributed by atoms with van der Waals surface area (Å²) in [4.78, 5) is 11.8. The Balaban J connectivity index is 2.04. The zero-order valence-corrected chi connectivity index (χ0v) is 15.7. The van der Waals surface area contributed by atoms with Crippen molar-refractivity contribution in [1.29, 1.82) is 0 Å². The maximum Gasteiger partial charge on any atom is 0.339 e. The molecule has 1 aromatic heterocycles. The number of rotatable bonds is 5. The molecule has 2 heterocycles. The van der Waals surface area contributed by atoms with Gasteiger partial charge in [0.2, 0.25) is 6.29 Å². The van der Waals surface area contributed by atoms with Gasteiger partial charge in [0, 0.05) is 12.1 Å². The van der Waals surface area contributed by atoms with Gasteiger partial charge in [-0.05, 0) is 18.6 Å². The molecule has 3 rings (SSSR count). The van der Waals surface area contributed by atoms with Crippen LogP contribution in [0.4, 0.5) is 0 Å². The normalized spacial score (nSPS) is 26.9. The number of phenols is 1. The molecule has 1 aliphatic rings. The van der Waals surface area contributed by atoms with Crippen LogP contribution in [0.15, 0.2) is 33.5 Å². The van der Waals surface area contributed by atoms with Crippen LogP contribution < -0.4 is 15.1 Å². The average Bonchev–Trinajstić information content (AvgIpc) is 2.67. The second kappa shape index (κ2) is 8.39. The summed E-state index contributed by atoms with van der Waals surface area (Å²) in [5.41, 5.74) is 0.0716. The Morgan fingerprint density at radius 3 is 2.45 bits per heavy atom. The minimum atomic E-state index is -1.65. The van der Waals surface area contributed by atoms with Crippen LogP contribution in [0.2, 0.25) is 0 Å².